The molecule has 1 unspecified atom stereocenters. The number of hydrogen-bond acceptors (Lipinski definition) is 10. The predicted molar refractivity (Wildman–Crippen MR) is 165 cm³/mol. The number of ether oxygens (including phenoxy) is 1. The quantitative estimate of drug-likeness (QED) is 0.321. The molecule has 1 aliphatic heterocycles. The summed E-state index contributed by atoms with van der Waals surface area (Å²) in [5.41, 5.74) is 11.8. The highest BCUT2D eigenvalue weighted by atomic mass is 32.2. The topological polar surface area (TPSA) is 134 Å². The number of carbonyl (C=O) groups excluding carboxylic acids is 2. The number of nitrogens with one attached hydrogen (secondary N) is 1. The second-order valence-corrected chi connectivity index (χ2v) is 13.4. The molecule has 3 aromatic rings. The van der Waals surface area contributed by atoms with Gasteiger partial charge in [0, 0.05) is 23.4 Å². The zero-order chi connectivity index (χ0) is 30.2. The van der Waals surface area contributed by atoms with Crippen LogP contribution in [0.25, 0.3) is 0 Å². The van der Waals surface area contributed by atoms with Gasteiger partial charge in [-0.15, -0.1) is 10.2 Å². The first kappa shape index (κ1) is 29.4. The van der Waals surface area contributed by atoms with Crippen LogP contribution >= 0.6 is 23.1 Å². The van der Waals surface area contributed by atoms with Gasteiger partial charge >= 0.3 is 0 Å². The minimum atomic E-state index is -0.591. The van der Waals surface area contributed by atoms with Crippen LogP contribution in [-0.2, 0) is 9.59 Å². The van der Waals surface area contributed by atoms with Crippen molar-refractivity contribution in [1.82, 2.24) is 10.2 Å². The molecule has 1 atom stereocenters. The number of amides is 1. The fraction of sp³-hybridized carbons (Fsp3) is 0.323. The van der Waals surface area contributed by atoms with E-state index < -0.39 is 5.92 Å². The Hall–Kier alpha value is -4.14. The van der Waals surface area contributed by atoms with E-state index in [9.17, 15) is 14.9 Å². The maximum atomic E-state index is 13.7. The van der Waals surface area contributed by atoms with Crippen LogP contribution in [0.1, 0.15) is 49.3 Å². The van der Waals surface area contributed by atoms with Crippen molar-refractivity contribution >= 4 is 45.6 Å². The number of anilines is 2. The van der Waals surface area contributed by atoms with Gasteiger partial charge in [-0.05, 0) is 66.6 Å². The average Bonchev–Trinajstić information content (AvgIpc) is 3.41. The molecule has 0 bridgehead atoms. The Morgan fingerprint density at radius 2 is 1.93 bits per heavy atom. The number of rotatable bonds is 7. The third-order valence-corrected chi connectivity index (χ3v) is 9.58. The highest BCUT2D eigenvalue weighted by Gasteiger charge is 2.45. The molecule has 0 radical (unpaired) electrons. The van der Waals surface area contributed by atoms with Gasteiger partial charge in [0.05, 0.1) is 30.4 Å². The molecule has 0 saturated carbocycles. The zero-order valence-corrected chi connectivity index (χ0v) is 25.8. The number of aromatic nitrogens is 2. The number of allylic oxidation sites excluding steroid dienone is 3. The summed E-state index contributed by atoms with van der Waals surface area (Å²) < 4.78 is 5.88. The maximum absolute atomic E-state index is 13.7. The predicted octanol–water partition coefficient (Wildman–Crippen LogP) is 5.84. The Labute approximate surface area is 253 Å². The van der Waals surface area contributed by atoms with Crippen molar-refractivity contribution in [1.29, 1.82) is 5.26 Å². The van der Waals surface area contributed by atoms with Crippen molar-refractivity contribution in [2.24, 2.45) is 11.1 Å². The molecule has 0 spiro atoms. The molecular weight excluding hydrogens is 569 g/mol. The summed E-state index contributed by atoms with van der Waals surface area (Å²) >= 11 is 2.54. The molecular formula is C31H32N6O3S2. The smallest absolute Gasteiger partial charge is 0.234 e. The van der Waals surface area contributed by atoms with Gasteiger partial charge in [-0.25, -0.2) is 0 Å². The van der Waals surface area contributed by atoms with Crippen molar-refractivity contribution in [3.63, 3.8) is 0 Å². The van der Waals surface area contributed by atoms with Gasteiger partial charge in [-0.2, -0.15) is 5.26 Å². The molecule has 5 rings (SSSR count). The van der Waals surface area contributed by atoms with Crippen molar-refractivity contribution in [3.8, 4) is 11.8 Å². The number of benzene rings is 2. The van der Waals surface area contributed by atoms with Gasteiger partial charge in [0.25, 0.3) is 0 Å². The van der Waals surface area contributed by atoms with Crippen LogP contribution in [0.15, 0.2) is 69.5 Å². The lowest BCUT2D eigenvalue weighted by atomic mass is 9.68. The molecule has 1 aromatic heterocycles. The van der Waals surface area contributed by atoms with Gasteiger partial charge in [-0.1, -0.05) is 55.1 Å². The summed E-state index contributed by atoms with van der Waals surface area (Å²) in [5.74, 6) is 0.286. The van der Waals surface area contributed by atoms with E-state index in [2.05, 4.69) is 21.6 Å². The Bertz CT molecular complexity index is 1670. The maximum Gasteiger partial charge on any atom is 0.234 e. The van der Waals surface area contributed by atoms with Crippen LogP contribution in [-0.4, -0.2) is 34.8 Å². The van der Waals surface area contributed by atoms with Crippen molar-refractivity contribution in [2.75, 3.05) is 23.1 Å². The Kier molecular flexibility index (Phi) is 8.12. The van der Waals surface area contributed by atoms with Crippen LogP contribution < -0.4 is 20.7 Å². The van der Waals surface area contributed by atoms with Gasteiger partial charge in [0.1, 0.15) is 11.6 Å². The molecule has 9 nitrogen and oxygen atoms in total. The number of ketones is 1. The molecule has 42 heavy (non-hydrogen) atoms. The normalized spacial score (nSPS) is 18.0. The fourth-order valence-corrected chi connectivity index (χ4v) is 7.03. The lowest BCUT2D eigenvalue weighted by molar-refractivity contribution is -0.118. The lowest BCUT2D eigenvalue weighted by Crippen LogP contribution is -2.42. The van der Waals surface area contributed by atoms with Crippen LogP contribution in [0, 0.1) is 30.6 Å². The van der Waals surface area contributed by atoms with Crippen LogP contribution in [0.5, 0.6) is 5.75 Å². The van der Waals surface area contributed by atoms with E-state index in [1.807, 2.05) is 70.2 Å². The second-order valence-electron chi connectivity index (χ2n) is 11.2. The SMILES string of the molecule is COc1ccc(C2C(C#N)=C(N)N(c3nnc(SCC(=O)Nc4ccc(C)c(C)c4)s3)C3=C2C(=O)CC(C)(C)C3)cc1. The molecule has 0 fully saturated rings. The standard InChI is InChI=1S/C31H32N6O3S2/c1-17-6-9-20(12-18(17)2)34-25(39)16-41-30-36-35-29(42-30)37-23-13-31(3,4)14-24(38)27(23)26(22(15-32)28(37)33)19-7-10-21(40-5)11-8-19/h6-12,26H,13-14,16,33H2,1-5H3,(H,34,39). The summed E-state index contributed by atoms with van der Waals surface area (Å²) in [6.45, 7) is 8.12. The number of Topliss-reactive ketones (excluding diaryl/α,β-unsaturated/α-hetero) is 1. The number of nitrogens with zero attached hydrogens (tertiary/aromatic N) is 4. The Morgan fingerprint density at radius 3 is 2.60 bits per heavy atom. The second kappa shape index (κ2) is 11.6. The third-order valence-electron chi connectivity index (χ3n) is 7.53. The highest BCUT2D eigenvalue weighted by Crippen LogP contribution is 2.50. The summed E-state index contributed by atoms with van der Waals surface area (Å²) in [6.07, 6.45) is 0.929. The Morgan fingerprint density at radius 1 is 1.19 bits per heavy atom. The van der Waals surface area contributed by atoms with Crippen LogP contribution in [0.2, 0.25) is 0 Å². The number of hydrogen-bond donors (Lipinski definition) is 2. The largest absolute Gasteiger partial charge is 0.497 e. The molecule has 0 saturated heterocycles. The van der Waals surface area contributed by atoms with E-state index in [-0.39, 0.29) is 34.3 Å². The minimum Gasteiger partial charge on any atom is -0.497 e. The molecule has 1 amide bonds. The average molecular weight is 601 g/mol. The molecule has 2 aromatic carbocycles. The summed E-state index contributed by atoms with van der Waals surface area (Å²) in [4.78, 5) is 28.0. The molecule has 2 aliphatic rings. The van der Waals surface area contributed by atoms with Crippen LogP contribution in [0.4, 0.5) is 10.8 Å². The monoisotopic (exact) mass is 600 g/mol. The van der Waals surface area contributed by atoms with Gasteiger partial charge in [0.15, 0.2) is 10.1 Å². The lowest BCUT2D eigenvalue weighted by Gasteiger charge is -2.42. The molecule has 216 valence electrons. The van der Waals surface area contributed by atoms with Crippen LogP contribution in [0.3, 0.4) is 0 Å². The number of nitriles is 1. The first-order valence-electron chi connectivity index (χ1n) is 13.4. The highest BCUT2D eigenvalue weighted by molar-refractivity contribution is 8.01. The summed E-state index contributed by atoms with van der Waals surface area (Å²) in [6, 6.07) is 15.4. The number of nitrogens with two attached hydrogens (primary N) is 1. The van der Waals surface area contributed by atoms with Gasteiger partial charge in [0.2, 0.25) is 11.0 Å². The zero-order valence-electron chi connectivity index (χ0n) is 24.1. The van der Waals surface area contributed by atoms with Gasteiger partial charge in [-0.3, -0.25) is 14.5 Å². The fourth-order valence-electron chi connectivity index (χ4n) is 5.35. The molecule has 3 N–H and O–H groups in total. The van der Waals surface area contributed by atoms with E-state index >= 15 is 0 Å². The summed E-state index contributed by atoms with van der Waals surface area (Å²) in [5, 5.41) is 22.3. The number of thioether (sulfide) groups is 1. The van der Waals surface area contributed by atoms with E-state index in [4.69, 9.17) is 10.5 Å². The number of carbonyl (C=O) groups is 2. The van der Waals surface area contributed by atoms with E-state index in [0.29, 0.717) is 33.6 Å². The van der Waals surface area contributed by atoms with Crippen molar-refractivity contribution in [3.05, 3.63) is 81.8 Å². The minimum absolute atomic E-state index is 0.0190. The van der Waals surface area contributed by atoms with E-state index in [1.165, 1.54) is 23.1 Å². The Balaban J connectivity index is 1.45. The van der Waals surface area contributed by atoms with Crippen molar-refractivity contribution in [2.45, 2.75) is 50.8 Å². The molecule has 11 heteroatoms. The van der Waals surface area contributed by atoms with E-state index in [0.717, 1.165) is 28.1 Å². The third kappa shape index (κ3) is 5.78. The first-order chi connectivity index (χ1) is 20.0. The summed E-state index contributed by atoms with van der Waals surface area (Å²) in [7, 11) is 1.59. The molecule has 2 heterocycles. The van der Waals surface area contributed by atoms with Gasteiger partial charge < -0.3 is 15.8 Å². The first-order valence-corrected chi connectivity index (χ1v) is 15.2. The van der Waals surface area contributed by atoms with E-state index in [1.54, 1.807) is 12.0 Å². The number of aryl methyl sites for hydroxylation is 2. The molecule has 1 aliphatic carbocycles. The van der Waals surface area contributed by atoms with Crippen molar-refractivity contribution < 1.29 is 14.3 Å². The number of methoxy groups -OCH3 is 1.